The molecule has 82 valence electrons. The molecule has 0 fully saturated rings. The minimum absolute atomic E-state index is 0.232. The summed E-state index contributed by atoms with van der Waals surface area (Å²) >= 11 is 0. The summed E-state index contributed by atoms with van der Waals surface area (Å²) in [6.07, 6.45) is 0. The molecular formula is C12H16FNO. The Kier molecular flexibility index (Phi) is 3.83. The minimum Gasteiger partial charge on any atom is -0.440 e. The molecule has 0 saturated carbocycles. The predicted octanol–water partition coefficient (Wildman–Crippen LogP) is 4.12. The van der Waals surface area contributed by atoms with Gasteiger partial charge in [0.25, 0.3) is 0 Å². The first kappa shape index (κ1) is 11.7. The predicted molar refractivity (Wildman–Crippen MR) is 59.4 cm³/mol. The van der Waals surface area contributed by atoms with Crippen molar-refractivity contribution in [3.05, 3.63) is 29.9 Å². The van der Waals surface area contributed by atoms with Crippen molar-refractivity contribution in [2.75, 3.05) is 0 Å². The van der Waals surface area contributed by atoms with Crippen LogP contribution < -0.4 is 0 Å². The molecule has 0 saturated heterocycles. The average molecular weight is 209 g/mol. The quantitative estimate of drug-likeness (QED) is 0.706. The summed E-state index contributed by atoms with van der Waals surface area (Å²) in [5, 5.41) is 0. The second-order valence-electron chi connectivity index (χ2n) is 3.32. The van der Waals surface area contributed by atoms with Crippen molar-refractivity contribution in [1.82, 2.24) is 4.98 Å². The fourth-order valence-electron chi connectivity index (χ4n) is 1.17. The maximum atomic E-state index is 12.8. The van der Waals surface area contributed by atoms with Crippen LogP contribution in [-0.4, -0.2) is 4.98 Å². The number of hydrogen-bond acceptors (Lipinski definition) is 2. The van der Waals surface area contributed by atoms with Gasteiger partial charge in [-0.1, -0.05) is 27.7 Å². The molecule has 15 heavy (non-hydrogen) atoms. The van der Waals surface area contributed by atoms with Gasteiger partial charge >= 0.3 is 0 Å². The van der Waals surface area contributed by atoms with Crippen molar-refractivity contribution >= 4 is 11.1 Å². The van der Waals surface area contributed by atoms with E-state index in [4.69, 9.17) is 4.42 Å². The van der Waals surface area contributed by atoms with E-state index < -0.39 is 0 Å². The monoisotopic (exact) mass is 209 g/mol. The molecule has 0 radical (unpaired) electrons. The van der Waals surface area contributed by atoms with Crippen LogP contribution in [-0.2, 0) is 0 Å². The Morgan fingerprint density at radius 3 is 2.53 bits per heavy atom. The van der Waals surface area contributed by atoms with E-state index >= 15 is 0 Å². The van der Waals surface area contributed by atoms with Crippen LogP contribution >= 0.6 is 0 Å². The molecule has 0 aliphatic heterocycles. The molecular weight excluding hydrogens is 193 g/mol. The average Bonchev–Trinajstić information content (AvgIpc) is 2.63. The zero-order chi connectivity index (χ0) is 11.4. The first-order valence-electron chi connectivity index (χ1n) is 5.23. The zero-order valence-electron chi connectivity index (χ0n) is 9.54. The van der Waals surface area contributed by atoms with Crippen LogP contribution in [0.3, 0.4) is 0 Å². The third kappa shape index (κ3) is 2.55. The third-order valence-electron chi connectivity index (χ3n) is 1.86. The molecule has 0 bridgehead atoms. The molecule has 0 spiro atoms. The molecule has 2 aromatic rings. The van der Waals surface area contributed by atoms with Crippen LogP contribution in [0.2, 0.25) is 0 Å². The molecule has 2 rings (SSSR count). The van der Waals surface area contributed by atoms with Gasteiger partial charge in [-0.15, -0.1) is 0 Å². The van der Waals surface area contributed by atoms with Gasteiger partial charge < -0.3 is 4.42 Å². The number of aromatic nitrogens is 1. The lowest BCUT2D eigenvalue weighted by Gasteiger charge is -1.93. The van der Waals surface area contributed by atoms with Crippen LogP contribution in [0, 0.1) is 5.82 Å². The van der Waals surface area contributed by atoms with Crippen LogP contribution in [0.1, 0.15) is 39.5 Å². The molecule has 0 unspecified atom stereocenters. The lowest BCUT2D eigenvalue weighted by atomic mass is 10.2. The SMILES string of the molecule is CC.CC(C)c1nc2cc(F)ccc2o1. The van der Waals surface area contributed by atoms with Crippen LogP contribution in [0.4, 0.5) is 4.39 Å². The Balaban J connectivity index is 0.000000531. The van der Waals surface area contributed by atoms with Crippen molar-refractivity contribution in [3.8, 4) is 0 Å². The summed E-state index contributed by atoms with van der Waals surface area (Å²) in [5.41, 5.74) is 1.23. The Morgan fingerprint density at radius 1 is 1.27 bits per heavy atom. The van der Waals surface area contributed by atoms with E-state index in [1.165, 1.54) is 12.1 Å². The second-order valence-corrected chi connectivity index (χ2v) is 3.32. The Labute approximate surface area is 89.1 Å². The second kappa shape index (κ2) is 4.91. The normalized spacial score (nSPS) is 10.3. The van der Waals surface area contributed by atoms with Gasteiger partial charge in [-0.2, -0.15) is 0 Å². The first-order chi connectivity index (χ1) is 7.16. The molecule has 0 amide bonds. The number of nitrogens with zero attached hydrogens (tertiary/aromatic N) is 1. The third-order valence-corrected chi connectivity index (χ3v) is 1.86. The van der Waals surface area contributed by atoms with Gasteiger partial charge in [0.1, 0.15) is 11.3 Å². The highest BCUT2D eigenvalue weighted by Gasteiger charge is 2.08. The van der Waals surface area contributed by atoms with E-state index in [0.29, 0.717) is 17.0 Å². The number of fused-ring (bicyclic) bond motifs is 1. The first-order valence-corrected chi connectivity index (χ1v) is 5.23. The maximum Gasteiger partial charge on any atom is 0.198 e. The van der Waals surface area contributed by atoms with Gasteiger partial charge in [-0.05, 0) is 12.1 Å². The summed E-state index contributed by atoms with van der Waals surface area (Å²) in [6, 6.07) is 4.35. The Bertz CT molecular complexity index is 434. The number of rotatable bonds is 1. The molecule has 0 aliphatic rings. The largest absolute Gasteiger partial charge is 0.440 e. The lowest BCUT2D eigenvalue weighted by molar-refractivity contribution is 0.501. The van der Waals surface area contributed by atoms with Gasteiger partial charge in [0.2, 0.25) is 0 Å². The summed E-state index contributed by atoms with van der Waals surface area (Å²) in [5.74, 6) is 0.604. The van der Waals surface area contributed by atoms with E-state index in [2.05, 4.69) is 4.98 Å². The standard InChI is InChI=1S/C10H10FNO.C2H6/c1-6(2)10-12-8-5-7(11)3-4-9(8)13-10;1-2/h3-6H,1-2H3;1-2H3. The van der Waals surface area contributed by atoms with E-state index in [9.17, 15) is 4.39 Å². The van der Waals surface area contributed by atoms with Crippen LogP contribution in [0.25, 0.3) is 11.1 Å². The van der Waals surface area contributed by atoms with Crippen molar-refractivity contribution in [2.24, 2.45) is 0 Å². The van der Waals surface area contributed by atoms with Crippen molar-refractivity contribution in [3.63, 3.8) is 0 Å². The molecule has 1 aromatic carbocycles. The highest BCUT2D eigenvalue weighted by atomic mass is 19.1. The maximum absolute atomic E-state index is 12.8. The van der Waals surface area contributed by atoms with E-state index in [1.807, 2.05) is 27.7 Å². The number of halogens is 1. The highest BCUT2D eigenvalue weighted by Crippen LogP contribution is 2.21. The topological polar surface area (TPSA) is 26.0 Å². The zero-order valence-corrected chi connectivity index (χ0v) is 9.54. The van der Waals surface area contributed by atoms with Gasteiger partial charge in [-0.3, -0.25) is 0 Å². The van der Waals surface area contributed by atoms with Crippen molar-refractivity contribution in [1.29, 1.82) is 0 Å². The fourth-order valence-corrected chi connectivity index (χ4v) is 1.17. The fraction of sp³-hybridized carbons (Fsp3) is 0.417. The smallest absolute Gasteiger partial charge is 0.198 e. The molecule has 2 nitrogen and oxygen atoms in total. The van der Waals surface area contributed by atoms with Gasteiger partial charge in [0, 0.05) is 12.0 Å². The summed E-state index contributed by atoms with van der Waals surface area (Å²) in [7, 11) is 0. The van der Waals surface area contributed by atoms with E-state index in [-0.39, 0.29) is 11.7 Å². The lowest BCUT2D eigenvalue weighted by Crippen LogP contribution is -1.84. The Morgan fingerprint density at radius 2 is 1.93 bits per heavy atom. The molecule has 0 N–H and O–H groups in total. The van der Waals surface area contributed by atoms with Crippen LogP contribution in [0.15, 0.2) is 22.6 Å². The minimum atomic E-state index is -0.281. The molecule has 1 heterocycles. The number of hydrogen-bond donors (Lipinski definition) is 0. The van der Waals surface area contributed by atoms with Crippen molar-refractivity contribution in [2.45, 2.75) is 33.6 Å². The molecule has 3 heteroatoms. The summed E-state index contributed by atoms with van der Waals surface area (Å²) in [4.78, 5) is 4.17. The molecule has 1 aromatic heterocycles. The highest BCUT2D eigenvalue weighted by molar-refractivity contribution is 5.72. The summed E-state index contributed by atoms with van der Waals surface area (Å²) in [6.45, 7) is 7.97. The molecule has 0 aliphatic carbocycles. The van der Waals surface area contributed by atoms with Crippen LogP contribution in [0.5, 0.6) is 0 Å². The molecule has 0 atom stereocenters. The van der Waals surface area contributed by atoms with Crippen molar-refractivity contribution < 1.29 is 8.81 Å². The van der Waals surface area contributed by atoms with E-state index in [0.717, 1.165) is 0 Å². The van der Waals surface area contributed by atoms with Gasteiger partial charge in [0.05, 0.1) is 0 Å². The van der Waals surface area contributed by atoms with Gasteiger partial charge in [-0.25, -0.2) is 9.37 Å². The van der Waals surface area contributed by atoms with Gasteiger partial charge in [0.15, 0.2) is 11.5 Å². The Hall–Kier alpha value is -1.38. The summed E-state index contributed by atoms with van der Waals surface area (Å²) < 4.78 is 18.2. The number of benzene rings is 1. The van der Waals surface area contributed by atoms with E-state index in [1.54, 1.807) is 6.07 Å². The number of oxazole rings is 1.